The van der Waals surface area contributed by atoms with Crippen LogP contribution in [0.1, 0.15) is 78.9 Å². The standard InChI is InChI=1S/C19H28O3/c1-4-5-6-7-8-9-10-11-12-16-18(21)15(3)14(2)17(13-20)19(16)22/h11-13,21-22H,4-10H2,1-3H3/b12-11+. The van der Waals surface area contributed by atoms with Crippen molar-refractivity contribution in [1.82, 2.24) is 0 Å². The van der Waals surface area contributed by atoms with Crippen LogP contribution in [0.5, 0.6) is 11.5 Å². The van der Waals surface area contributed by atoms with Crippen molar-refractivity contribution >= 4 is 12.4 Å². The molecule has 1 aromatic carbocycles. The molecule has 0 spiro atoms. The second-order valence-corrected chi connectivity index (χ2v) is 5.85. The van der Waals surface area contributed by atoms with Crippen molar-refractivity contribution in [3.8, 4) is 11.5 Å². The first-order valence-corrected chi connectivity index (χ1v) is 8.21. The maximum Gasteiger partial charge on any atom is 0.154 e. The van der Waals surface area contributed by atoms with Crippen LogP contribution in [0.2, 0.25) is 0 Å². The zero-order valence-corrected chi connectivity index (χ0v) is 14.0. The Morgan fingerprint density at radius 2 is 1.50 bits per heavy atom. The molecule has 1 rings (SSSR count). The third-order valence-corrected chi connectivity index (χ3v) is 4.21. The van der Waals surface area contributed by atoms with Gasteiger partial charge in [0.15, 0.2) is 6.29 Å². The van der Waals surface area contributed by atoms with Gasteiger partial charge in [0.05, 0.1) is 11.1 Å². The number of rotatable bonds is 9. The van der Waals surface area contributed by atoms with Crippen molar-refractivity contribution < 1.29 is 15.0 Å². The minimum absolute atomic E-state index is 0.0554. The van der Waals surface area contributed by atoms with E-state index >= 15 is 0 Å². The highest BCUT2D eigenvalue weighted by Gasteiger charge is 2.16. The average Bonchev–Trinajstić information content (AvgIpc) is 2.51. The molecule has 0 aliphatic carbocycles. The lowest BCUT2D eigenvalue weighted by atomic mass is 9.96. The number of unbranched alkanes of at least 4 members (excludes halogenated alkanes) is 6. The van der Waals surface area contributed by atoms with Gasteiger partial charge in [0.25, 0.3) is 0 Å². The van der Waals surface area contributed by atoms with E-state index < -0.39 is 0 Å². The molecule has 22 heavy (non-hydrogen) atoms. The zero-order valence-electron chi connectivity index (χ0n) is 14.0. The average molecular weight is 304 g/mol. The number of phenols is 2. The SMILES string of the molecule is CCCCCCCC/C=C/c1c(O)c(C)c(C)c(C=O)c1O. The highest BCUT2D eigenvalue weighted by Crippen LogP contribution is 2.37. The van der Waals surface area contributed by atoms with Gasteiger partial charge in [-0.3, -0.25) is 4.79 Å². The number of benzene rings is 1. The fourth-order valence-corrected chi connectivity index (χ4v) is 2.56. The minimum Gasteiger partial charge on any atom is -0.507 e. The van der Waals surface area contributed by atoms with Crippen LogP contribution >= 0.6 is 0 Å². The third-order valence-electron chi connectivity index (χ3n) is 4.21. The molecule has 0 amide bonds. The molecule has 0 bridgehead atoms. The van der Waals surface area contributed by atoms with Crippen LogP contribution < -0.4 is 0 Å². The Kier molecular flexibility index (Phi) is 7.72. The lowest BCUT2D eigenvalue weighted by Gasteiger charge is -2.12. The number of hydrogen-bond acceptors (Lipinski definition) is 3. The van der Waals surface area contributed by atoms with Crippen molar-refractivity contribution in [3.05, 3.63) is 28.3 Å². The topological polar surface area (TPSA) is 57.5 Å². The molecule has 0 aliphatic heterocycles. The molecule has 0 saturated carbocycles. The number of hydrogen-bond donors (Lipinski definition) is 2. The molecule has 0 heterocycles. The van der Waals surface area contributed by atoms with E-state index in [2.05, 4.69) is 6.92 Å². The molecule has 0 unspecified atom stereocenters. The molecule has 0 aromatic heterocycles. The minimum atomic E-state index is -0.130. The fourth-order valence-electron chi connectivity index (χ4n) is 2.56. The molecule has 2 N–H and O–H groups in total. The van der Waals surface area contributed by atoms with Crippen LogP contribution in [0.4, 0.5) is 0 Å². The Hall–Kier alpha value is -1.77. The predicted octanol–water partition coefficient (Wildman–Crippen LogP) is 5.29. The maximum absolute atomic E-state index is 11.1. The Morgan fingerprint density at radius 1 is 0.864 bits per heavy atom. The van der Waals surface area contributed by atoms with Gasteiger partial charge in [0.1, 0.15) is 11.5 Å². The number of phenolic OH excluding ortho intramolecular Hbond substituents is 2. The number of aromatic hydroxyl groups is 2. The molecule has 122 valence electrons. The molecule has 1 aromatic rings. The molecular formula is C19H28O3. The van der Waals surface area contributed by atoms with Gasteiger partial charge in [-0.05, 0) is 37.8 Å². The van der Waals surface area contributed by atoms with Crippen LogP contribution in [0.15, 0.2) is 6.08 Å². The molecule has 0 radical (unpaired) electrons. The summed E-state index contributed by atoms with van der Waals surface area (Å²) in [6.07, 6.45) is 12.6. The molecule has 0 fully saturated rings. The van der Waals surface area contributed by atoms with Gasteiger partial charge in [-0.2, -0.15) is 0 Å². The van der Waals surface area contributed by atoms with Crippen molar-refractivity contribution in [3.63, 3.8) is 0 Å². The van der Waals surface area contributed by atoms with E-state index in [0.717, 1.165) is 12.8 Å². The summed E-state index contributed by atoms with van der Waals surface area (Å²) in [7, 11) is 0. The lowest BCUT2D eigenvalue weighted by molar-refractivity contribution is 0.112. The van der Waals surface area contributed by atoms with E-state index in [1.54, 1.807) is 19.9 Å². The number of allylic oxidation sites excluding steroid dienone is 1. The third kappa shape index (κ3) is 4.62. The zero-order chi connectivity index (χ0) is 16.5. The Labute approximate surface area is 133 Å². The Bertz CT molecular complexity index is 530. The van der Waals surface area contributed by atoms with Gasteiger partial charge in [0.2, 0.25) is 0 Å². The summed E-state index contributed by atoms with van der Waals surface area (Å²) in [5, 5.41) is 20.3. The van der Waals surface area contributed by atoms with Crippen molar-refractivity contribution in [2.45, 2.75) is 65.7 Å². The van der Waals surface area contributed by atoms with E-state index in [1.807, 2.05) is 6.08 Å². The molecular weight excluding hydrogens is 276 g/mol. The summed E-state index contributed by atoms with van der Waals surface area (Å²) >= 11 is 0. The van der Waals surface area contributed by atoms with Crippen LogP contribution in [0.25, 0.3) is 6.08 Å². The van der Waals surface area contributed by atoms with Gasteiger partial charge in [-0.1, -0.05) is 51.2 Å². The number of carbonyl (C=O) groups excluding carboxylic acids is 1. The van der Waals surface area contributed by atoms with Crippen molar-refractivity contribution in [2.75, 3.05) is 0 Å². The van der Waals surface area contributed by atoms with E-state index in [-0.39, 0.29) is 17.1 Å². The normalized spacial score (nSPS) is 11.2. The summed E-state index contributed by atoms with van der Waals surface area (Å²) in [5.41, 5.74) is 1.86. The summed E-state index contributed by atoms with van der Waals surface area (Å²) in [4.78, 5) is 11.1. The lowest BCUT2D eigenvalue weighted by Crippen LogP contribution is -1.95. The van der Waals surface area contributed by atoms with Gasteiger partial charge >= 0.3 is 0 Å². The van der Waals surface area contributed by atoms with Crippen LogP contribution in [-0.4, -0.2) is 16.5 Å². The maximum atomic E-state index is 11.1. The Morgan fingerprint density at radius 3 is 2.14 bits per heavy atom. The summed E-state index contributed by atoms with van der Waals surface area (Å²) in [5.74, 6) is -0.0745. The second-order valence-electron chi connectivity index (χ2n) is 5.85. The van der Waals surface area contributed by atoms with Gasteiger partial charge in [-0.25, -0.2) is 0 Å². The van der Waals surface area contributed by atoms with E-state index in [4.69, 9.17) is 0 Å². The van der Waals surface area contributed by atoms with Gasteiger partial charge < -0.3 is 10.2 Å². The first kappa shape index (κ1) is 18.3. The van der Waals surface area contributed by atoms with E-state index in [9.17, 15) is 15.0 Å². The molecule has 0 saturated heterocycles. The van der Waals surface area contributed by atoms with Crippen molar-refractivity contribution in [1.29, 1.82) is 0 Å². The van der Waals surface area contributed by atoms with Crippen LogP contribution in [0, 0.1) is 13.8 Å². The summed E-state index contributed by atoms with van der Waals surface area (Å²) in [6.45, 7) is 5.68. The highest BCUT2D eigenvalue weighted by atomic mass is 16.3. The molecule has 3 heteroatoms. The largest absolute Gasteiger partial charge is 0.507 e. The smallest absolute Gasteiger partial charge is 0.154 e. The molecule has 3 nitrogen and oxygen atoms in total. The fraction of sp³-hybridized carbons (Fsp3) is 0.526. The highest BCUT2D eigenvalue weighted by molar-refractivity contribution is 5.87. The Balaban J connectivity index is 2.67. The second kappa shape index (κ2) is 9.29. The molecule has 0 aliphatic rings. The van der Waals surface area contributed by atoms with Crippen molar-refractivity contribution in [2.24, 2.45) is 0 Å². The quantitative estimate of drug-likeness (QED) is 0.481. The predicted molar refractivity (Wildman–Crippen MR) is 91.7 cm³/mol. The first-order chi connectivity index (χ1) is 10.5. The van der Waals surface area contributed by atoms with E-state index in [1.165, 1.54) is 32.1 Å². The van der Waals surface area contributed by atoms with E-state index in [0.29, 0.717) is 23.0 Å². The van der Waals surface area contributed by atoms with Gasteiger partial charge in [-0.15, -0.1) is 0 Å². The summed E-state index contributed by atoms with van der Waals surface area (Å²) in [6, 6.07) is 0. The van der Waals surface area contributed by atoms with Crippen LogP contribution in [0.3, 0.4) is 0 Å². The van der Waals surface area contributed by atoms with Crippen LogP contribution in [-0.2, 0) is 0 Å². The number of carbonyl (C=O) groups is 1. The summed E-state index contributed by atoms with van der Waals surface area (Å²) < 4.78 is 0. The monoisotopic (exact) mass is 304 g/mol. The molecule has 0 atom stereocenters. The van der Waals surface area contributed by atoms with Gasteiger partial charge in [0, 0.05) is 0 Å². The number of aldehydes is 1. The first-order valence-electron chi connectivity index (χ1n) is 8.21.